The largest absolute Gasteiger partial charge is 0.309 e. The third-order valence-corrected chi connectivity index (χ3v) is 3.29. The molecule has 1 amide bonds. The standard InChI is InChI=1S/C14H10BrN3O/c1-18(12-7-3-2-5-10(12)9-16)14(19)13-11(15)6-4-8-17-13/h2-8H,1H3. The van der Waals surface area contributed by atoms with Crippen molar-refractivity contribution in [1.82, 2.24) is 4.98 Å². The molecule has 0 aliphatic carbocycles. The molecule has 4 nitrogen and oxygen atoms in total. The first-order valence-corrected chi connectivity index (χ1v) is 6.32. The van der Waals surface area contributed by atoms with Gasteiger partial charge < -0.3 is 4.90 Å². The van der Waals surface area contributed by atoms with E-state index in [1.807, 2.05) is 0 Å². The predicted molar refractivity (Wildman–Crippen MR) is 75.8 cm³/mol. The Morgan fingerprint density at radius 2 is 2.05 bits per heavy atom. The average molecular weight is 316 g/mol. The summed E-state index contributed by atoms with van der Waals surface area (Å²) in [7, 11) is 1.62. The fourth-order valence-corrected chi connectivity index (χ4v) is 2.10. The number of rotatable bonds is 2. The Hall–Kier alpha value is -2.19. The highest BCUT2D eigenvalue weighted by Gasteiger charge is 2.19. The van der Waals surface area contributed by atoms with Gasteiger partial charge in [0.15, 0.2) is 0 Å². The van der Waals surface area contributed by atoms with E-state index in [4.69, 9.17) is 5.26 Å². The van der Waals surface area contributed by atoms with E-state index in [0.29, 0.717) is 21.4 Å². The molecule has 1 heterocycles. The number of hydrogen-bond acceptors (Lipinski definition) is 3. The molecule has 0 aliphatic rings. The van der Waals surface area contributed by atoms with Crippen molar-refractivity contribution in [2.24, 2.45) is 0 Å². The number of benzene rings is 1. The minimum Gasteiger partial charge on any atom is -0.309 e. The molecule has 0 radical (unpaired) electrons. The van der Waals surface area contributed by atoms with Crippen molar-refractivity contribution in [3.8, 4) is 6.07 Å². The van der Waals surface area contributed by atoms with Gasteiger partial charge in [-0.2, -0.15) is 5.26 Å². The number of carbonyl (C=O) groups excluding carboxylic acids is 1. The van der Waals surface area contributed by atoms with Crippen molar-refractivity contribution in [3.05, 3.63) is 58.3 Å². The van der Waals surface area contributed by atoms with Crippen molar-refractivity contribution < 1.29 is 4.79 Å². The van der Waals surface area contributed by atoms with Crippen molar-refractivity contribution in [2.75, 3.05) is 11.9 Å². The number of hydrogen-bond donors (Lipinski definition) is 0. The first-order valence-electron chi connectivity index (χ1n) is 5.53. The monoisotopic (exact) mass is 315 g/mol. The summed E-state index contributed by atoms with van der Waals surface area (Å²) in [5, 5.41) is 9.06. The zero-order valence-corrected chi connectivity index (χ0v) is 11.8. The van der Waals surface area contributed by atoms with Crippen LogP contribution in [0.4, 0.5) is 5.69 Å². The van der Waals surface area contributed by atoms with E-state index in [2.05, 4.69) is 27.0 Å². The van der Waals surface area contributed by atoms with E-state index in [1.165, 1.54) is 4.90 Å². The van der Waals surface area contributed by atoms with Crippen LogP contribution < -0.4 is 4.90 Å². The van der Waals surface area contributed by atoms with Crippen molar-refractivity contribution in [1.29, 1.82) is 5.26 Å². The van der Waals surface area contributed by atoms with Crippen LogP contribution in [-0.2, 0) is 0 Å². The summed E-state index contributed by atoms with van der Waals surface area (Å²) in [4.78, 5) is 17.8. The molecule has 1 aromatic heterocycles. The Morgan fingerprint density at radius 3 is 2.74 bits per heavy atom. The summed E-state index contributed by atoms with van der Waals surface area (Å²) in [6.45, 7) is 0. The van der Waals surface area contributed by atoms with Gasteiger partial charge in [0.2, 0.25) is 0 Å². The van der Waals surface area contributed by atoms with Gasteiger partial charge in [-0.3, -0.25) is 4.79 Å². The molecule has 0 fully saturated rings. The van der Waals surface area contributed by atoms with Gasteiger partial charge in [-0.1, -0.05) is 12.1 Å². The predicted octanol–water partition coefficient (Wildman–Crippen LogP) is 2.99. The fourth-order valence-electron chi connectivity index (χ4n) is 1.67. The van der Waals surface area contributed by atoms with E-state index in [-0.39, 0.29) is 5.91 Å². The van der Waals surface area contributed by atoms with Crippen LogP contribution in [0.3, 0.4) is 0 Å². The Balaban J connectivity index is 2.40. The summed E-state index contributed by atoms with van der Waals surface area (Å²) < 4.78 is 0.626. The van der Waals surface area contributed by atoms with Gasteiger partial charge in [0.05, 0.1) is 11.3 Å². The number of pyridine rings is 1. The van der Waals surface area contributed by atoms with Crippen LogP contribution in [0.2, 0.25) is 0 Å². The number of amides is 1. The number of nitriles is 1. The lowest BCUT2D eigenvalue weighted by molar-refractivity contribution is 0.0987. The number of aromatic nitrogens is 1. The maximum Gasteiger partial charge on any atom is 0.277 e. The Kier molecular flexibility index (Phi) is 3.93. The van der Waals surface area contributed by atoms with Crippen LogP contribution >= 0.6 is 15.9 Å². The number of para-hydroxylation sites is 1. The molecular formula is C14H10BrN3O. The summed E-state index contributed by atoms with van der Waals surface area (Å²) >= 11 is 3.30. The summed E-state index contributed by atoms with van der Waals surface area (Å²) in [5.74, 6) is -0.268. The molecule has 0 spiro atoms. The first-order chi connectivity index (χ1) is 9.15. The van der Waals surface area contributed by atoms with Crippen LogP contribution in [0.15, 0.2) is 47.1 Å². The summed E-state index contributed by atoms with van der Waals surface area (Å²) in [6.07, 6.45) is 1.56. The zero-order chi connectivity index (χ0) is 13.8. The Labute approximate surface area is 119 Å². The van der Waals surface area contributed by atoms with E-state index < -0.39 is 0 Å². The third kappa shape index (κ3) is 2.64. The first kappa shape index (κ1) is 13.2. The van der Waals surface area contributed by atoms with Gasteiger partial charge in [0, 0.05) is 17.7 Å². The van der Waals surface area contributed by atoms with Crippen molar-refractivity contribution in [3.63, 3.8) is 0 Å². The molecule has 1 aromatic carbocycles. The minimum atomic E-state index is -0.268. The molecule has 19 heavy (non-hydrogen) atoms. The normalized spacial score (nSPS) is 9.74. The lowest BCUT2D eigenvalue weighted by Gasteiger charge is -2.18. The second-order valence-corrected chi connectivity index (χ2v) is 4.68. The zero-order valence-electron chi connectivity index (χ0n) is 10.2. The van der Waals surface area contributed by atoms with Crippen LogP contribution in [-0.4, -0.2) is 17.9 Å². The highest BCUT2D eigenvalue weighted by atomic mass is 79.9. The molecule has 5 heteroatoms. The molecule has 94 valence electrons. The van der Waals surface area contributed by atoms with Gasteiger partial charge in [0.25, 0.3) is 5.91 Å². The maximum atomic E-state index is 12.4. The minimum absolute atomic E-state index is 0.268. The molecule has 0 unspecified atom stereocenters. The molecule has 2 aromatic rings. The van der Waals surface area contributed by atoms with Gasteiger partial charge in [-0.25, -0.2) is 4.98 Å². The maximum absolute atomic E-state index is 12.4. The molecule has 0 atom stereocenters. The number of halogens is 1. The van der Waals surface area contributed by atoms with E-state index in [9.17, 15) is 4.79 Å². The molecule has 0 N–H and O–H groups in total. The van der Waals surface area contributed by atoms with E-state index >= 15 is 0 Å². The quantitative estimate of drug-likeness (QED) is 0.856. The Bertz CT molecular complexity index is 664. The molecule has 0 aliphatic heterocycles. The van der Waals surface area contributed by atoms with Crippen LogP contribution in [0.5, 0.6) is 0 Å². The molecular weight excluding hydrogens is 306 g/mol. The Morgan fingerprint density at radius 1 is 1.32 bits per heavy atom. The SMILES string of the molecule is CN(C(=O)c1ncccc1Br)c1ccccc1C#N. The third-order valence-electron chi connectivity index (χ3n) is 2.65. The van der Waals surface area contributed by atoms with Crippen LogP contribution in [0.25, 0.3) is 0 Å². The van der Waals surface area contributed by atoms with Gasteiger partial charge in [-0.05, 0) is 40.2 Å². The van der Waals surface area contributed by atoms with Crippen LogP contribution in [0, 0.1) is 11.3 Å². The van der Waals surface area contributed by atoms with Crippen molar-refractivity contribution >= 4 is 27.5 Å². The second-order valence-electron chi connectivity index (χ2n) is 3.83. The summed E-state index contributed by atoms with van der Waals surface area (Å²) in [5.41, 5.74) is 1.33. The highest BCUT2D eigenvalue weighted by molar-refractivity contribution is 9.10. The average Bonchev–Trinajstić information content (AvgIpc) is 2.46. The fraction of sp³-hybridized carbons (Fsp3) is 0.0714. The second kappa shape index (κ2) is 5.63. The van der Waals surface area contributed by atoms with Gasteiger partial charge >= 0.3 is 0 Å². The van der Waals surface area contributed by atoms with E-state index in [1.54, 1.807) is 49.6 Å². The van der Waals surface area contributed by atoms with Gasteiger partial charge in [0.1, 0.15) is 11.8 Å². The molecule has 2 rings (SSSR count). The lowest BCUT2D eigenvalue weighted by Crippen LogP contribution is -2.28. The number of anilines is 1. The van der Waals surface area contributed by atoms with E-state index in [0.717, 1.165) is 0 Å². The smallest absolute Gasteiger partial charge is 0.277 e. The van der Waals surface area contributed by atoms with Crippen molar-refractivity contribution in [2.45, 2.75) is 0 Å². The number of carbonyl (C=O) groups is 1. The molecule has 0 bridgehead atoms. The van der Waals surface area contributed by atoms with Gasteiger partial charge in [-0.15, -0.1) is 0 Å². The van der Waals surface area contributed by atoms with Crippen LogP contribution in [0.1, 0.15) is 16.1 Å². The summed E-state index contributed by atoms with van der Waals surface area (Å²) in [6, 6.07) is 12.5. The topological polar surface area (TPSA) is 57.0 Å². The number of nitrogens with zero attached hydrogens (tertiary/aromatic N) is 3. The molecule has 0 saturated heterocycles. The molecule has 0 saturated carbocycles. The highest BCUT2D eigenvalue weighted by Crippen LogP contribution is 2.22. The lowest BCUT2D eigenvalue weighted by atomic mass is 10.1.